The van der Waals surface area contributed by atoms with Gasteiger partial charge in [0, 0.05) is 23.4 Å². The van der Waals surface area contributed by atoms with Gasteiger partial charge in [0.1, 0.15) is 35.2 Å². The molecule has 0 aliphatic heterocycles. The van der Waals surface area contributed by atoms with Gasteiger partial charge in [-0.3, -0.25) is 0 Å². The summed E-state index contributed by atoms with van der Waals surface area (Å²) >= 11 is 1.40. The van der Waals surface area contributed by atoms with Crippen molar-refractivity contribution in [2.75, 3.05) is 18.7 Å². The highest BCUT2D eigenvalue weighted by molar-refractivity contribution is 7.97. The summed E-state index contributed by atoms with van der Waals surface area (Å²) in [4.78, 5) is 11.8. The van der Waals surface area contributed by atoms with E-state index in [1.54, 1.807) is 6.26 Å². The number of thioether (sulfide) groups is 1. The third-order valence-electron chi connectivity index (χ3n) is 3.85. The smallest absolute Gasteiger partial charge is 0.433 e. The molecule has 0 saturated heterocycles. The summed E-state index contributed by atoms with van der Waals surface area (Å²) in [6, 6.07) is 8.05. The van der Waals surface area contributed by atoms with Crippen LogP contribution in [0.5, 0.6) is 5.75 Å². The van der Waals surface area contributed by atoms with Gasteiger partial charge in [0.15, 0.2) is 0 Å². The lowest BCUT2D eigenvalue weighted by molar-refractivity contribution is -0.141. The minimum atomic E-state index is -4.57. The molecule has 2 heterocycles. The summed E-state index contributed by atoms with van der Waals surface area (Å²) in [5.74, 6) is 0.465. The number of ether oxygens (including phenoxy) is 1. The van der Waals surface area contributed by atoms with Crippen LogP contribution in [0.3, 0.4) is 0 Å². The highest BCUT2D eigenvalue weighted by Gasteiger charge is 2.33. The monoisotopic (exact) mass is 424 g/mol. The number of alkyl halides is 3. The van der Waals surface area contributed by atoms with Crippen molar-refractivity contribution in [3.8, 4) is 17.0 Å². The first-order valence-corrected chi connectivity index (χ1v) is 9.69. The number of nitrogens with one attached hydrogen (secondary N) is 1. The molecular formula is C19H16F4N4OS. The number of nitrogens with zero attached hydrogens (tertiary/aromatic N) is 3. The summed E-state index contributed by atoms with van der Waals surface area (Å²) < 4.78 is 58.1. The minimum absolute atomic E-state index is 0.0135. The number of pyridine rings is 1. The highest BCUT2D eigenvalue weighted by Crippen LogP contribution is 2.32. The van der Waals surface area contributed by atoms with Crippen LogP contribution in [-0.2, 0) is 11.9 Å². The topological polar surface area (TPSA) is 59.9 Å². The van der Waals surface area contributed by atoms with Gasteiger partial charge in [0.05, 0.1) is 12.8 Å². The summed E-state index contributed by atoms with van der Waals surface area (Å²) in [6.07, 6.45) is -1.52. The molecule has 0 aliphatic carbocycles. The van der Waals surface area contributed by atoms with Gasteiger partial charge >= 0.3 is 6.18 Å². The number of rotatable bonds is 6. The predicted molar refractivity (Wildman–Crippen MR) is 104 cm³/mol. The third kappa shape index (κ3) is 5.14. The van der Waals surface area contributed by atoms with E-state index in [4.69, 9.17) is 4.74 Å². The quantitative estimate of drug-likeness (QED) is 0.541. The highest BCUT2D eigenvalue weighted by atomic mass is 32.2. The average Bonchev–Trinajstić information content (AvgIpc) is 2.67. The SMILES string of the molecule is COc1cc(F)ccc1-c1cc(Nc2cc(CSC)cc(C(F)(F)F)n2)ncn1. The Hall–Kier alpha value is -2.88. The summed E-state index contributed by atoms with van der Waals surface area (Å²) in [7, 11) is 1.40. The predicted octanol–water partition coefficient (Wildman–Crippen LogP) is 5.31. The Balaban J connectivity index is 1.96. The number of methoxy groups -OCH3 is 1. The molecule has 1 aromatic carbocycles. The normalized spacial score (nSPS) is 11.4. The standard InChI is InChI=1S/C19H16F4N4OS/c1-28-15-7-12(20)3-4-13(15)14-8-17(25-10-24-14)27-18-6-11(9-29-2)5-16(26-18)19(21,22)23/h3-8,10H,9H2,1-2H3,(H,24,25,26,27). The Bertz CT molecular complexity index is 1010. The van der Waals surface area contributed by atoms with Crippen molar-refractivity contribution < 1.29 is 22.3 Å². The molecule has 0 spiro atoms. The first kappa shape index (κ1) is 20.8. The molecule has 152 valence electrons. The van der Waals surface area contributed by atoms with Crippen LogP contribution in [0.2, 0.25) is 0 Å². The number of halogens is 4. The van der Waals surface area contributed by atoms with Gasteiger partial charge < -0.3 is 10.1 Å². The summed E-state index contributed by atoms with van der Waals surface area (Å²) in [5.41, 5.74) is 0.424. The fourth-order valence-corrected chi connectivity index (χ4v) is 3.13. The largest absolute Gasteiger partial charge is 0.496 e. The second-order valence-electron chi connectivity index (χ2n) is 5.93. The molecule has 0 fully saturated rings. The first-order chi connectivity index (χ1) is 13.8. The Morgan fingerprint density at radius 1 is 1.07 bits per heavy atom. The van der Waals surface area contributed by atoms with E-state index in [1.165, 1.54) is 55.5 Å². The molecule has 0 atom stereocenters. The Morgan fingerprint density at radius 3 is 2.55 bits per heavy atom. The number of hydrogen-bond acceptors (Lipinski definition) is 6. The van der Waals surface area contributed by atoms with Gasteiger partial charge in [-0.2, -0.15) is 24.9 Å². The van der Waals surface area contributed by atoms with Crippen LogP contribution in [0, 0.1) is 5.82 Å². The van der Waals surface area contributed by atoms with E-state index in [-0.39, 0.29) is 17.4 Å². The van der Waals surface area contributed by atoms with Crippen LogP contribution < -0.4 is 10.1 Å². The van der Waals surface area contributed by atoms with Crippen LogP contribution in [0.15, 0.2) is 42.7 Å². The fourth-order valence-electron chi connectivity index (χ4n) is 2.63. The fraction of sp³-hybridized carbons (Fsp3) is 0.211. The maximum Gasteiger partial charge on any atom is 0.433 e. The number of hydrogen-bond donors (Lipinski definition) is 1. The molecule has 1 N–H and O–H groups in total. The summed E-state index contributed by atoms with van der Waals surface area (Å²) in [6.45, 7) is 0. The summed E-state index contributed by atoms with van der Waals surface area (Å²) in [5, 5.41) is 2.79. The van der Waals surface area contributed by atoms with Crippen molar-refractivity contribution in [2.24, 2.45) is 0 Å². The molecule has 0 unspecified atom stereocenters. The lowest BCUT2D eigenvalue weighted by Gasteiger charge is -2.13. The van der Waals surface area contributed by atoms with Gasteiger partial charge in [-0.25, -0.2) is 19.3 Å². The Labute approximate surface area is 168 Å². The molecule has 3 rings (SSSR count). The van der Waals surface area contributed by atoms with Gasteiger partial charge in [-0.05, 0) is 36.1 Å². The third-order valence-corrected chi connectivity index (χ3v) is 4.47. The molecular weight excluding hydrogens is 408 g/mol. The zero-order valence-electron chi connectivity index (χ0n) is 15.4. The van der Waals surface area contributed by atoms with Crippen LogP contribution in [0.1, 0.15) is 11.3 Å². The first-order valence-electron chi connectivity index (χ1n) is 8.30. The molecule has 0 radical (unpaired) electrons. The van der Waals surface area contributed by atoms with E-state index in [9.17, 15) is 17.6 Å². The van der Waals surface area contributed by atoms with Crippen molar-refractivity contribution in [1.82, 2.24) is 15.0 Å². The van der Waals surface area contributed by atoms with E-state index in [0.717, 1.165) is 6.07 Å². The van der Waals surface area contributed by atoms with E-state index < -0.39 is 17.7 Å². The zero-order chi connectivity index (χ0) is 21.0. The lowest BCUT2D eigenvalue weighted by atomic mass is 10.1. The van der Waals surface area contributed by atoms with Crippen LogP contribution in [-0.4, -0.2) is 28.3 Å². The maximum atomic E-state index is 13.4. The van der Waals surface area contributed by atoms with Crippen molar-refractivity contribution in [2.45, 2.75) is 11.9 Å². The van der Waals surface area contributed by atoms with Crippen LogP contribution >= 0.6 is 11.8 Å². The number of benzene rings is 1. The molecule has 0 saturated carbocycles. The molecule has 0 bridgehead atoms. The minimum Gasteiger partial charge on any atom is -0.496 e. The van der Waals surface area contributed by atoms with E-state index >= 15 is 0 Å². The lowest BCUT2D eigenvalue weighted by Crippen LogP contribution is -2.10. The number of aromatic nitrogens is 3. The molecule has 5 nitrogen and oxygen atoms in total. The zero-order valence-corrected chi connectivity index (χ0v) is 16.2. The number of anilines is 2. The van der Waals surface area contributed by atoms with Crippen molar-refractivity contribution in [3.63, 3.8) is 0 Å². The van der Waals surface area contributed by atoms with Gasteiger partial charge in [-0.1, -0.05) is 0 Å². The molecule has 3 aromatic rings. The second kappa shape index (κ2) is 8.64. The van der Waals surface area contributed by atoms with Crippen LogP contribution in [0.25, 0.3) is 11.3 Å². The van der Waals surface area contributed by atoms with E-state index in [0.29, 0.717) is 22.6 Å². The molecule has 10 heteroatoms. The Morgan fingerprint density at radius 2 is 1.86 bits per heavy atom. The maximum absolute atomic E-state index is 13.4. The molecule has 29 heavy (non-hydrogen) atoms. The van der Waals surface area contributed by atoms with Crippen LogP contribution in [0.4, 0.5) is 29.2 Å². The van der Waals surface area contributed by atoms with Gasteiger partial charge in [0.25, 0.3) is 0 Å². The molecule has 0 aliphatic rings. The van der Waals surface area contributed by atoms with Crippen molar-refractivity contribution in [1.29, 1.82) is 0 Å². The Kier molecular flexibility index (Phi) is 6.21. The molecule has 2 aromatic heterocycles. The van der Waals surface area contributed by atoms with E-state index in [2.05, 4.69) is 20.3 Å². The second-order valence-corrected chi connectivity index (χ2v) is 6.80. The van der Waals surface area contributed by atoms with Gasteiger partial charge in [-0.15, -0.1) is 0 Å². The van der Waals surface area contributed by atoms with Crippen molar-refractivity contribution >= 4 is 23.4 Å². The van der Waals surface area contributed by atoms with Gasteiger partial charge in [0.2, 0.25) is 0 Å². The average molecular weight is 424 g/mol. The van der Waals surface area contributed by atoms with E-state index in [1.807, 2.05) is 0 Å². The van der Waals surface area contributed by atoms with Crippen molar-refractivity contribution in [3.05, 3.63) is 59.8 Å². The molecule has 0 amide bonds.